The van der Waals surface area contributed by atoms with E-state index in [-0.39, 0.29) is 23.8 Å². The Morgan fingerprint density at radius 1 is 0.962 bits per heavy atom. The number of H-pyrrole nitrogens is 2. The zero-order valence-electron chi connectivity index (χ0n) is 31.6. The van der Waals surface area contributed by atoms with Gasteiger partial charge in [-0.05, 0) is 72.9 Å². The van der Waals surface area contributed by atoms with E-state index in [9.17, 15) is 14.4 Å². The van der Waals surface area contributed by atoms with Crippen molar-refractivity contribution in [3.05, 3.63) is 71.6 Å². The van der Waals surface area contributed by atoms with Gasteiger partial charge in [-0.3, -0.25) is 9.59 Å². The summed E-state index contributed by atoms with van der Waals surface area (Å²) in [6.45, 7) is 9.48. The maximum atomic E-state index is 13.7. The van der Waals surface area contributed by atoms with E-state index in [1.807, 2.05) is 43.3 Å². The number of aromatic nitrogens is 4. The van der Waals surface area contributed by atoms with E-state index in [4.69, 9.17) is 14.5 Å². The topological polar surface area (TPSA) is 154 Å². The number of nitrogens with zero attached hydrogens (tertiary/aromatic N) is 3. The number of alkyl carbamates (subject to hydrolysis) is 1. The summed E-state index contributed by atoms with van der Waals surface area (Å²) in [5.74, 6) is 3.71. The van der Waals surface area contributed by atoms with Crippen LogP contribution in [0.15, 0.2) is 48.8 Å². The second-order valence-corrected chi connectivity index (χ2v) is 14.6. The molecule has 1 fully saturated rings. The Morgan fingerprint density at radius 2 is 1.74 bits per heavy atom. The van der Waals surface area contributed by atoms with Gasteiger partial charge in [0.25, 0.3) is 0 Å². The first-order valence-corrected chi connectivity index (χ1v) is 19.1. The number of amides is 3. The highest BCUT2D eigenvalue weighted by atomic mass is 16.5. The third-order valence-corrected chi connectivity index (χ3v) is 10.8. The fraction of sp³-hybridized carbons (Fsp3) is 0.488. The molecule has 3 amide bonds. The van der Waals surface area contributed by atoms with Gasteiger partial charge in [0.15, 0.2) is 0 Å². The van der Waals surface area contributed by atoms with E-state index in [1.165, 1.54) is 7.11 Å². The van der Waals surface area contributed by atoms with Crippen LogP contribution in [-0.4, -0.2) is 69.0 Å². The third kappa shape index (κ3) is 8.92. The van der Waals surface area contributed by atoms with Crippen molar-refractivity contribution >= 4 is 17.9 Å². The number of ether oxygens (including phenoxy) is 2. The summed E-state index contributed by atoms with van der Waals surface area (Å²) in [7, 11) is 1.31. The monoisotopic (exact) mass is 723 g/mol. The molecule has 12 nitrogen and oxygen atoms in total. The SMILES string of the molecule is CCC(C)CC(=O)NCCCCc1ncc(-c2ccc3c(c2)Oc2ccc(-c4cnc(C5CCCN5C(=O)C(NC(=O)OC)C(C)CC)[nH]4)cc2C3)[nH]1. The molecule has 282 valence electrons. The number of unbranched alkanes of at least 4 members (excludes halogenated alkanes) is 1. The number of hydrogen-bond donors (Lipinski definition) is 4. The van der Waals surface area contributed by atoms with Gasteiger partial charge in [-0.25, -0.2) is 14.8 Å². The Bertz CT molecular complexity index is 1900. The van der Waals surface area contributed by atoms with Crippen molar-refractivity contribution in [1.82, 2.24) is 35.5 Å². The molecule has 4 heterocycles. The molecule has 4 atom stereocenters. The molecule has 12 heteroatoms. The number of benzene rings is 2. The van der Waals surface area contributed by atoms with Gasteiger partial charge >= 0.3 is 6.09 Å². The van der Waals surface area contributed by atoms with E-state index >= 15 is 0 Å². The standard InChI is InChI=1S/C41H53N7O5/c1-6-25(3)19-37(49)42-17-9-8-12-36-43-23-31(45-36)28-13-14-29-21-30-20-27(15-16-34(30)53-35(29)22-28)32-24-44-39(46-32)33-11-10-18-48(33)40(50)38(26(4)7-2)47-41(51)52-5/h13-16,20,22-26,33,38H,6-12,17-19,21H2,1-5H3,(H,42,49)(H,43,45)(H,44,46)(H,47,51). The first-order valence-electron chi connectivity index (χ1n) is 19.1. The molecule has 4 N–H and O–H groups in total. The second-order valence-electron chi connectivity index (χ2n) is 14.6. The average Bonchev–Trinajstić information content (AvgIpc) is 3.96. The maximum absolute atomic E-state index is 13.7. The van der Waals surface area contributed by atoms with Crippen LogP contribution in [0.4, 0.5) is 4.79 Å². The van der Waals surface area contributed by atoms with Crippen molar-refractivity contribution in [2.75, 3.05) is 20.2 Å². The van der Waals surface area contributed by atoms with Gasteiger partial charge in [0.1, 0.15) is 29.2 Å². The van der Waals surface area contributed by atoms with Gasteiger partial charge in [-0.1, -0.05) is 52.7 Å². The molecule has 4 unspecified atom stereocenters. The Kier molecular flexibility index (Phi) is 12.2. The summed E-state index contributed by atoms with van der Waals surface area (Å²) < 4.78 is 11.2. The largest absolute Gasteiger partial charge is 0.457 e. The molecule has 0 spiro atoms. The molecule has 0 bridgehead atoms. The molecular weight excluding hydrogens is 670 g/mol. The van der Waals surface area contributed by atoms with Crippen molar-refractivity contribution < 1.29 is 23.9 Å². The molecule has 2 aromatic carbocycles. The lowest BCUT2D eigenvalue weighted by atomic mass is 9.96. The van der Waals surface area contributed by atoms with Crippen molar-refractivity contribution in [2.24, 2.45) is 11.8 Å². The summed E-state index contributed by atoms with van der Waals surface area (Å²) in [6, 6.07) is 11.6. The minimum absolute atomic E-state index is 0.0461. The van der Waals surface area contributed by atoms with Crippen LogP contribution in [0.25, 0.3) is 22.5 Å². The van der Waals surface area contributed by atoms with E-state index < -0.39 is 12.1 Å². The van der Waals surface area contributed by atoms with Crippen LogP contribution in [0.2, 0.25) is 0 Å². The quantitative estimate of drug-likeness (QED) is 0.0817. The summed E-state index contributed by atoms with van der Waals surface area (Å²) in [6.07, 6.45) is 10.5. The second kappa shape index (κ2) is 17.1. The summed E-state index contributed by atoms with van der Waals surface area (Å²) in [4.78, 5) is 55.9. The van der Waals surface area contributed by atoms with Gasteiger partial charge in [-0.2, -0.15) is 0 Å². The number of carbonyl (C=O) groups excluding carboxylic acids is 3. The first-order chi connectivity index (χ1) is 25.7. The van der Waals surface area contributed by atoms with Crippen LogP contribution in [0, 0.1) is 11.8 Å². The van der Waals surface area contributed by atoms with Crippen LogP contribution >= 0.6 is 0 Å². The molecule has 0 radical (unpaired) electrons. The van der Waals surface area contributed by atoms with Crippen LogP contribution in [-0.2, 0) is 27.2 Å². The minimum Gasteiger partial charge on any atom is -0.457 e. The lowest BCUT2D eigenvalue weighted by Gasteiger charge is -2.30. The molecule has 0 saturated carbocycles. The average molecular weight is 724 g/mol. The van der Waals surface area contributed by atoms with Crippen LogP contribution in [0.1, 0.15) is 101 Å². The Morgan fingerprint density at radius 3 is 2.53 bits per heavy atom. The minimum atomic E-state index is -0.666. The van der Waals surface area contributed by atoms with Gasteiger partial charge in [0, 0.05) is 43.5 Å². The molecule has 2 aliphatic heterocycles. The molecule has 1 saturated heterocycles. The molecule has 53 heavy (non-hydrogen) atoms. The lowest BCUT2D eigenvalue weighted by Crippen LogP contribution is -2.51. The molecular formula is C41H53N7O5. The zero-order chi connectivity index (χ0) is 37.5. The lowest BCUT2D eigenvalue weighted by molar-refractivity contribution is -0.135. The number of aromatic amines is 2. The van der Waals surface area contributed by atoms with E-state index in [1.54, 1.807) is 0 Å². The highest BCUT2D eigenvalue weighted by molar-refractivity contribution is 5.86. The molecule has 4 aromatic rings. The number of likely N-dealkylation sites (tertiary alicyclic amines) is 1. The number of aryl methyl sites for hydroxylation is 1. The number of methoxy groups -OCH3 is 1. The van der Waals surface area contributed by atoms with Gasteiger partial charge < -0.3 is 35.0 Å². The highest BCUT2D eigenvalue weighted by Crippen LogP contribution is 2.40. The number of nitrogens with one attached hydrogen (secondary N) is 4. The normalized spacial score (nSPS) is 16.5. The number of hydrogen-bond acceptors (Lipinski definition) is 7. The van der Waals surface area contributed by atoms with Crippen LogP contribution in [0.5, 0.6) is 11.5 Å². The third-order valence-electron chi connectivity index (χ3n) is 10.8. The number of rotatable bonds is 15. The Labute approximate surface area is 311 Å². The molecule has 2 aliphatic rings. The summed E-state index contributed by atoms with van der Waals surface area (Å²) in [5, 5.41) is 5.78. The summed E-state index contributed by atoms with van der Waals surface area (Å²) in [5.41, 5.74) is 6.02. The molecule has 2 aromatic heterocycles. The van der Waals surface area contributed by atoms with Crippen molar-refractivity contribution in [3.8, 4) is 34.0 Å². The fourth-order valence-electron chi connectivity index (χ4n) is 7.10. The van der Waals surface area contributed by atoms with Crippen molar-refractivity contribution in [1.29, 1.82) is 0 Å². The highest BCUT2D eigenvalue weighted by Gasteiger charge is 2.38. The Balaban J connectivity index is 1.06. The van der Waals surface area contributed by atoms with E-state index in [0.717, 1.165) is 108 Å². The summed E-state index contributed by atoms with van der Waals surface area (Å²) >= 11 is 0. The zero-order valence-corrected chi connectivity index (χ0v) is 31.6. The molecule has 0 aliphatic carbocycles. The molecule has 6 rings (SSSR count). The van der Waals surface area contributed by atoms with Gasteiger partial charge in [-0.15, -0.1) is 0 Å². The number of imidazole rings is 2. The van der Waals surface area contributed by atoms with Crippen LogP contribution in [0.3, 0.4) is 0 Å². The number of carbonyl (C=O) groups is 3. The fourth-order valence-corrected chi connectivity index (χ4v) is 7.10. The Hall–Kier alpha value is -5.13. The van der Waals surface area contributed by atoms with Crippen molar-refractivity contribution in [3.63, 3.8) is 0 Å². The van der Waals surface area contributed by atoms with E-state index in [2.05, 4.69) is 63.7 Å². The van der Waals surface area contributed by atoms with Crippen molar-refractivity contribution in [2.45, 2.75) is 97.6 Å². The first kappa shape index (κ1) is 37.6. The predicted molar refractivity (Wildman–Crippen MR) is 203 cm³/mol. The van der Waals surface area contributed by atoms with Crippen LogP contribution < -0.4 is 15.4 Å². The maximum Gasteiger partial charge on any atom is 0.407 e. The van der Waals surface area contributed by atoms with Gasteiger partial charge in [0.05, 0.1) is 36.9 Å². The smallest absolute Gasteiger partial charge is 0.407 e. The van der Waals surface area contributed by atoms with E-state index in [0.29, 0.717) is 25.4 Å². The van der Waals surface area contributed by atoms with Gasteiger partial charge in [0.2, 0.25) is 11.8 Å². The predicted octanol–water partition coefficient (Wildman–Crippen LogP) is 7.47. The number of fused-ring (bicyclic) bond motifs is 2.